The normalized spacial score (nSPS) is 11.8. The molecule has 1 atom stereocenters. The Bertz CT molecular complexity index is 199. The summed E-state index contributed by atoms with van der Waals surface area (Å²) in [7, 11) is 0. The zero-order valence-corrected chi connectivity index (χ0v) is 8.88. The quantitative estimate of drug-likeness (QED) is 0.626. The molecule has 0 aromatic heterocycles. The summed E-state index contributed by atoms with van der Waals surface area (Å²) in [5.41, 5.74) is 0. The van der Waals surface area contributed by atoms with Gasteiger partial charge in [-0.25, -0.2) is 0 Å². The van der Waals surface area contributed by atoms with Crippen molar-refractivity contribution in [3.63, 3.8) is 0 Å². The third kappa shape index (κ3) is 6.44. The number of hydrogen-bond donors (Lipinski definition) is 1. The summed E-state index contributed by atoms with van der Waals surface area (Å²) < 4.78 is 5.05. The molecule has 4 heteroatoms. The number of ether oxygens (including phenoxy) is 1. The highest BCUT2D eigenvalue weighted by molar-refractivity contribution is 5.76. The van der Waals surface area contributed by atoms with Crippen LogP contribution in [0.25, 0.3) is 0 Å². The first-order chi connectivity index (χ1) is 6.74. The van der Waals surface area contributed by atoms with Crippen LogP contribution in [0.5, 0.6) is 0 Å². The minimum atomic E-state index is -0.0412. The third-order valence-electron chi connectivity index (χ3n) is 1.87. The lowest BCUT2D eigenvalue weighted by Crippen LogP contribution is -2.34. The van der Waals surface area contributed by atoms with Gasteiger partial charge in [0.15, 0.2) is 0 Å². The number of hydrogen-bond acceptors (Lipinski definition) is 3. The van der Waals surface area contributed by atoms with E-state index in [9.17, 15) is 4.79 Å². The fourth-order valence-electron chi connectivity index (χ4n) is 1.02. The van der Waals surface area contributed by atoms with E-state index in [2.05, 4.69) is 5.32 Å². The van der Waals surface area contributed by atoms with Crippen LogP contribution in [0.3, 0.4) is 0 Å². The molecule has 1 N–H and O–H groups in total. The lowest BCUT2D eigenvalue weighted by molar-refractivity contribution is -0.122. The second-order valence-electron chi connectivity index (χ2n) is 2.98. The van der Waals surface area contributed by atoms with Gasteiger partial charge in [-0.3, -0.25) is 4.79 Å². The molecule has 0 bridgehead atoms. The van der Waals surface area contributed by atoms with Gasteiger partial charge in [0.25, 0.3) is 0 Å². The number of nitrogens with one attached hydrogen (secondary N) is 1. The van der Waals surface area contributed by atoms with Crippen LogP contribution in [0.15, 0.2) is 0 Å². The maximum Gasteiger partial charge on any atom is 0.222 e. The molecule has 1 unspecified atom stereocenters. The molecular weight excluding hydrogens is 180 g/mol. The van der Waals surface area contributed by atoms with E-state index in [1.165, 1.54) is 0 Å². The predicted octanol–water partition coefficient (Wildman–Crippen LogP) is 1.22. The van der Waals surface area contributed by atoms with Crippen LogP contribution in [0.1, 0.15) is 33.1 Å². The fraction of sp³-hybridized carbons (Fsp3) is 0.800. The number of carbonyl (C=O) groups is 1. The molecule has 1 amide bonds. The summed E-state index contributed by atoms with van der Waals surface area (Å²) in [5, 5.41) is 11.3. The molecule has 0 spiro atoms. The number of amides is 1. The predicted molar refractivity (Wildman–Crippen MR) is 53.6 cm³/mol. The van der Waals surface area contributed by atoms with Gasteiger partial charge < -0.3 is 10.1 Å². The fourth-order valence-corrected chi connectivity index (χ4v) is 1.02. The molecule has 14 heavy (non-hydrogen) atoms. The molecule has 0 saturated heterocycles. The molecule has 0 radical (unpaired) electrons. The highest BCUT2D eigenvalue weighted by atomic mass is 16.5. The Balaban J connectivity index is 3.63. The summed E-state index contributed by atoms with van der Waals surface area (Å²) in [6, 6.07) is 2.03. The molecule has 0 fully saturated rings. The number of nitrogens with zero attached hydrogens (tertiary/aromatic N) is 1. The minimum absolute atomic E-state index is 0.0193. The Kier molecular flexibility index (Phi) is 7.86. The SMILES string of the molecule is CCOCCC(=O)NC(CC)CC#N. The Morgan fingerprint density at radius 2 is 2.29 bits per heavy atom. The Morgan fingerprint density at radius 1 is 1.57 bits per heavy atom. The first-order valence-electron chi connectivity index (χ1n) is 4.98. The van der Waals surface area contributed by atoms with Gasteiger partial charge in [0.2, 0.25) is 5.91 Å². The van der Waals surface area contributed by atoms with Crippen molar-refractivity contribution in [3.05, 3.63) is 0 Å². The molecule has 0 aliphatic carbocycles. The first kappa shape index (κ1) is 12.9. The monoisotopic (exact) mass is 198 g/mol. The van der Waals surface area contributed by atoms with Gasteiger partial charge in [-0.1, -0.05) is 6.92 Å². The van der Waals surface area contributed by atoms with Crippen LogP contribution < -0.4 is 5.32 Å². The van der Waals surface area contributed by atoms with E-state index in [4.69, 9.17) is 10.00 Å². The molecule has 0 aliphatic heterocycles. The Labute approximate surface area is 85.2 Å². The van der Waals surface area contributed by atoms with Crippen LogP contribution in [0.4, 0.5) is 0 Å². The summed E-state index contributed by atoms with van der Waals surface area (Å²) in [6.07, 6.45) is 1.53. The maximum atomic E-state index is 11.3. The Morgan fingerprint density at radius 3 is 2.79 bits per heavy atom. The molecule has 0 aliphatic rings. The first-order valence-corrected chi connectivity index (χ1v) is 4.98. The van der Waals surface area contributed by atoms with Gasteiger partial charge >= 0.3 is 0 Å². The minimum Gasteiger partial charge on any atom is -0.381 e. The van der Waals surface area contributed by atoms with Crippen LogP contribution in [-0.2, 0) is 9.53 Å². The average molecular weight is 198 g/mol. The second kappa shape index (κ2) is 8.52. The highest BCUT2D eigenvalue weighted by Gasteiger charge is 2.08. The van der Waals surface area contributed by atoms with Crippen molar-refractivity contribution < 1.29 is 9.53 Å². The second-order valence-corrected chi connectivity index (χ2v) is 2.98. The molecule has 0 aromatic carbocycles. The average Bonchev–Trinajstić information content (AvgIpc) is 2.17. The van der Waals surface area contributed by atoms with Crippen LogP contribution in [0.2, 0.25) is 0 Å². The van der Waals surface area contributed by atoms with Gasteiger partial charge in [0, 0.05) is 19.1 Å². The van der Waals surface area contributed by atoms with E-state index in [0.29, 0.717) is 26.1 Å². The summed E-state index contributed by atoms with van der Waals surface area (Å²) >= 11 is 0. The van der Waals surface area contributed by atoms with Crippen LogP contribution >= 0.6 is 0 Å². The van der Waals surface area contributed by atoms with E-state index >= 15 is 0 Å². The topological polar surface area (TPSA) is 62.1 Å². The lowest BCUT2D eigenvalue weighted by Gasteiger charge is -2.13. The van der Waals surface area contributed by atoms with Crippen molar-refractivity contribution in [1.29, 1.82) is 5.26 Å². The molecule has 0 heterocycles. The van der Waals surface area contributed by atoms with Crippen LogP contribution in [0, 0.1) is 11.3 Å². The van der Waals surface area contributed by atoms with Gasteiger partial charge in [-0.2, -0.15) is 5.26 Å². The third-order valence-corrected chi connectivity index (χ3v) is 1.87. The maximum absolute atomic E-state index is 11.3. The molecule has 4 nitrogen and oxygen atoms in total. The van der Waals surface area contributed by atoms with Gasteiger partial charge in [0.1, 0.15) is 0 Å². The van der Waals surface area contributed by atoms with Crippen molar-refractivity contribution in [1.82, 2.24) is 5.32 Å². The Hall–Kier alpha value is -1.08. The molecule has 0 saturated carbocycles. The van der Waals surface area contributed by atoms with E-state index in [1.807, 2.05) is 19.9 Å². The molecule has 0 rings (SSSR count). The van der Waals surface area contributed by atoms with Crippen LogP contribution in [-0.4, -0.2) is 25.2 Å². The molecule has 0 aromatic rings. The largest absolute Gasteiger partial charge is 0.381 e. The number of carbonyl (C=O) groups excluding carboxylic acids is 1. The molecule has 80 valence electrons. The van der Waals surface area contributed by atoms with Crippen molar-refractivity contribution >= 4 is 5.91 Å². The van der Waals surface area contributed by atoms with Crippen molar-refractivity contribution in [2.45, 2.75) is 39.2 Å². The number of rotatable bonds is 7. The lowest BCUT2D eigenvalue weighted by atomic mass is 10.1. The van der Waals surface area contributed by atoms with E-state index < -0.39 is 0 Å². The van der Waals surface area contributed by atoms with Gasteiger partial charge in [-0.15, -0.1) is 0 Å². The van der Waals surface area contributed by atoms with E-state index in [0.717, 1.165) is 6.42 Å². The van der Waals surface area contributed by atoms with E-state index in [-0.39, 0.29) is 11.9 Å². The summed E-state index contributed by atoms with van der Waals surface area (Å²) in [6.45, 7) is 4.92. The smallest absolute Gasteiger partial charge is 0.222 e. The van der Waals surface area contributed by atoms with Gasteiger partial charge in [0.05, 0.1) is 19.1 Å². The van der Waals surface area contributed by atoms with Crippen molar-refractivity contribution in [2.24, 2.45) is 0 Å². The highest BCUT2D eigenvalue weighted by Crippen LogP contribution is 1.96. The van der Waals surface area contributed by atoms with Crippen molar-refractivity contribution in [3.8, 4) is 6.07 Å². The van der Waals surface area contributed by atoms with Crippen molar-refractivity contribution in [2.75, 3.05) is 13.2 Å². The molecular formula is C10H18N2O2. The van der Waals surface area contributed by atoms with E-state index in [1.54, 1.807) is 0 Å². The zero-order valence-electron chi connectivity index (χ0n) is 8.88. The number of nitriles is 1. The summed E-state index contributed by atoms with van der Waals surface area (Å²) in [4.78, 5) is 11.3. The standard InChI is InChI=1S/C10H18N2O2/c1-3-9(5-7-11)12-10(13)6-8-14-4-2/h9H,3-6,8H2,1-2H3,(H,12,13). The van der Waals surface area contributed by atoms with Gasteiger partial charge in [-0.05, 0) is 13.3 Å². The zero-order chi connectivity index (χ0) is 10.8. The summed E-state index contributed by atoms with van der Waals surface area (Å²) in [5.74, 6) is -0.0412.